The van der Waals surface area contributed by atoms with Crippen molar-refractivity contribution in [2.24, 2.45) is 0 Å². The van der Waals surface area contributed by atoms with Gasteiger partial charge in [-0.2, -0.15) is 0 Å². The fraction of sp³-hybridized carbons (Fsp3) is 0. The van der Waals surface area contributed by atoms with E-state index in [2.05, 4.69) is 10.3 Å². The fourth-order valence-electron chi connectivity index (χ4n) is 1.35. The van der Waals surface area contributed by atoms with E-state index in [1.165, 1.54) is 0 Å². The van der Waals surface area contributed by atoms with Gasteiger partial charge in [0, 0.05) is 0 Å². The molecule has 86 valence electrons. The summed E-state index contributed by atoms with van der Waals surface area (Å²) in [5.74, 6) is -3.40. The van der Waals surface area contributed by atoms with E-state index in [1.54, 1.807) is 30.3 Å². The second-order valence-electron chi connectivity index (χ2n) is 3.11. The lowest BCUT2D eigenvalue weighted by atomic mass is 10.3. The minimum Gasteiger partial charge on any atom is -0.543 e. The minimum atomic E-state index is -1.72. The lowest BCUT2D eigenvalue weighted by Gasteiger charge is -2.08. The predicted octanol–water partition coefficient (Wildman–Crippen LogP) is -2.01. The Morgan fingerprint density at radius 1 is 1.06 bits per heavy atom. The van der Waals surface area contributed by atoms with Crippen LogP contribution in [0.5, 0.6) is 0 Å². The van der Waals surface area contributed by atoms with Gasteiger partial charge in [-0.25, -0.2) is 4.68 Å². The molecule has 0 N–H and O–H groups in total. The molecule has 0 spiro atoms. The van der Waals surface area contributed by atoms with Gasteiger partial charge >= 0.3 is 0 Å². The lowest BCUT2D eigenvalue weighted by molar-refractivity contribution is -0.260. The number of hydrogen-bond donors (Lipinski definition) is 0. The number of carbonyl (C=O) groups is 2. The van der Waals surface area contributed by atoms with Crippen LogP contribution in [0.1, 0.15) is 21.0 Å². The van der Waals surface area contributed by atoms with Crippen molar-refractivity contribution in [2.75, 3.05) is 0 Å². The van der Waals surface area contributed by atoms with Crippen molar-refractivity contribution in [3.8, 4) is 5.69 Å². The van der Waals surface area contributed by atoms with Gasteiger partial charge in [0.1, 0.15) is 11.4 Å². The largest absolute Gasteiger partial charge is 0.543 e. The molecule has 1 heterocycles. The number of carbonyl (C=O) groups excluding carboxylic acids is 2. The van der Waals surface area contributed by atoms with Crippen molar-refractivity contribution in [3.05, 3.63) is 41.7 Å². The van der Waals surface area contributed by atoms with E-state index >= 15 is 0 Å². The van der Waals surface area contributed by atoms with Crippen LogP contribution < -0.4 is 10.2 Å². The number of carboxylic acids is 2. The second kappa shape index (κ2) is 4.05. The molecule has 0 unspecified atom stereocenters. The molecule has 0 radical (unpaired) electrons. The Hall–Kier alpha value is -2.70. The molecular weight excluding hydrogens is 226 g/mol. The highest BCUT2D eigenvalue weighted by molar-refractivity contribution is 5.97. The number of hydrogen-bond acceptors (Lipinski definition) is 6. The monoisotopic (exact) mass is 231 g/mol. The maximum atomic E-state index is 10.9. The number of benzene rings is 1. The molecule has 1 aromatic heterocycles. The van der Waals surface area contributed by atoms with Crippen molar-refractivity contribution < 1.29 is 19.8 Å². The zero-order valence-electron chi connectivity index (χ0n) is 8.36. The molecule has 7 nitrogen and oxygen atoms in total. The molecule has 1 aromatic carbocycles. The van der Waals surface area contributed by atoms with Crippen LogP contribution in [0.4, 0.5) is 0 Å². The van der Waals surface area contributed by atoms with Gasteiger partial charge < -0.3 is 19.8 Å². The topological polar surface area (TPSA) is 111 Å². The van der Waals surface area contributed by atoms with E-state index in [9.17, 15) is 19.8 Å². The SMILES string of the molecule is O=C([O-])c1nnn(-c2ccccc2)c1C(=O)[O-]. The second-order valence-corrected chi connectivity index (χ2v) is 3.11. The van der Waals surface area contributed by atoms with Crippen LogP contribution >= 0.6 is 0 Å². The Morgan fingerprint density at radius 2 is 1.71 bits per heavy atom. The van der Waals surface area contributed by atoms with Crippen LogP contribution in [0, 0.1) is 0 Å². The van der Waals surface area contributed by atoms with E-state index in [1.807, 2.05) is 0 Å². The first-order valence-electron chi connectivity index (χ1n) is 4.55. The van der Waals surface area contributed by atoms with Crippen LogP contribution in [-0.4, -0.2) is 26.9 Å². The highest BCUT2D eigenvalue weighted by Crippen LogP contribution is 2.11. The molecule has 7 heteroatoms. The Kier molecular flexibility index (Phi) is 2.57. The molecular formula is C10H5N3O4-2. The van der Waals surface area contributed by atoms with Gasteiger partial charge in [0.05, 0.1) is 17.6 Å². The van der Waals surface area contributed by atoms with E-state index in [0.29, 0.717) is 5.69 Å². The predicted molar refractivity (Wildman–Crippen MR) is 50.0 cm³/mol. The number of rotatable bonds is 3. The fourth-order valence-corrected chi connectivity index (χ4v) is 1.35. The van der Waals surface area contributed by atoms with E-state index < -0.39 is 23.3 Å². The first-order valence-corrected chi connectivity index (χ1v) is 4.55. The summed E-state index contributed by atoms with van der Waals surface area (Å²) in [7, 11) is 0. The third-order valence-electron chi connectivity index (χ3n) is 2.06. The molecule has 0 fully saturated rings. The molecule has 0 aliphatic heterocycles. The molecule has 17 heavy (non-hydrogen) atoms. The van der Waals surface area contributed by atoms with Crippen molar-refractivity contribution >= 4 is 11.9 Å². The number of para-hydroxylation sites is 1. The highest BCUT2D eigenvalue weighted by Gasteiger charge is 2.15. The van der Waals surface area contributed by atoms with Gasteiger partial charge in [0.25, 0.3) is 0 Å². The normalized spacial score (nSPS) is 10.1. The lowest BCUT2D eigenvalue weighted by Crippen LogP contribution is -2.31. The maximum Gasteiger partial charge on any atom is 0.138 e. The smallest absolute Gasteiger partial charge is 0.138 e. The van der Waals surface area contributed by atoms with Crippen LogP contribution in [0.2, 0.25) is 0 Å². The highest BCUT2D eigenvalue weighted by atomic mass is 16.4. The average molecular weight is 231 g/mol. The maximum absolute atomic E-state index is 10.9. The number of aromatic nitrogens is 3. The van der Waals surface area contributed by atoms with Crippen molar-refractivity contribution in [1.29, 1.82) is 0 Å². The molecule has 0 saturated heterocycles. The Bertz CT molecular complexity index is 576. The molecule has 0 aliphatic rings. The quantitative estimate of drug-likeness (QED) is 0.603. The van der Waals surface area contributed by atoms with Gasteiger partial charge in [-0.3, -0.25) is 0 Å². The van der Waals surface area contributed by atoms with Gasteiger partial charge in [-0.05, 0) is 12.1 Å². The van der Waals surface area contributed by atoms with E-state index in [0.717, 1.165) is 4.68 Å². The van der Waals surface area contributed by atoms with E-state index in [4.69, 9.17) is 0 Å². The average Bonchev–Trinajstić information content (AvgIpc) is 2.74. The zero-order valence-corrected chi connectivity index (χ0v) is 8.36. The summed E-state index contributed by atoms with van der Waals surface area (Å²) in [6.07, 6.45) is 0. The first-order chi connectivity index (χ1) is 8.11. The zero-order chi connectivity index (χ0) is 12.4. The molecule has 0 aliphatic carbocycles. The standard InChI is InChI=1S/C10H7N3O4/c14-9(15)7-8(10(16)17)13(12-11-7)6-4-2-1-3-5-6/h1-5H,(H,14,15)(H,16,17)/p-2. The van der Waals surface area contributed by atoms with Crippen LogP contribution in [0.25, 0.3) is 5.69 Å². The van der Waals surface area contributed by atoms with E-state index in [-0.39, 0.29) is 0 Å². The third kappa shape index (κ3) is 1.85. The summed E-state index contributed by atoms with van der Waals surface area (Å²) >= 11 is 0. The molecule has 0 bridgehead atoms. The summed E-state index contributed by atoms with van der Waals surface area (Å²) in [5.41, 5.74) is -1.03. The third-order valence-corrected chi connectivity index (χ3v) is 2.06. The van der Waals surface area contributed by atoms with Gasteiger partial charge in [-0.1, -0.05) is 23.4 Å². The molecule has 0 saturated carbocycles. The minimum absolute atomic E-state index is 0.367. The van der Waals surface area contributed by atoms with Crippen LogP contribution in [-0.2, 0) is 0 Å². The number of aromatic carboxylic acids is 2. The first kappa shape index (κ1) is 10.8. The van der Waals surface area contributed by atoms with Gasteiger partial charge in [0.15, 0.2) is 0 Å². The molecule has 0 atom stereocenters. The Labute approximate surface area is 94.9 Å². The summed E-state index contributed by atoms with van der Waals surface area (Å²) in [5, 5.41) is 28.2. The molecule has 2 aromatic rings. The molecule has 2 rings (SSSR count). The molecule has 0 amide bonds. The Balaban J connectivity index is 2.64. The van der Waals surface area contributed by atoms with Crippen LogP contribution in [0.15, 0.2) is 30.3 Å². The Morgan fingerprint density at radius 3 is 2.24 bits per heavy atom. The summed E-state index contributed by atoms with van der Waals surface area (Å²) in [6.45, 7) is 0. The summed E-state index contributed by atoms with van der Waals surface area (Å²) in [4.78, 5) is 21.5. The summed E-state index contributed by atoms with van der Waals surface area (Å²) in [6, 6.07) is 8.13. The number of nitrogens with zero attached hydrogens (tertiary/aromatic N) is 3. The van der Waals surface area contributed by atoms with Crippen molar-refractivity contribution in [1.82, 2.24) is 15.0 Å². The van der Waals surface area contributed by atoms with Gasteiger partial charge in [0.2, 0.25) is 0 Å². The van der Waals surface area contributed by atoms with Crippen molar-refractivity contribution in [2.45, 2.75) is 0 Å². The summed E-state index contributed by atoms with van der Waals surface area (Å²) < 4.78 is 0.875. The van der Waals surface area contributed by atoms with Crippen LogP contribution in [0.3, 0.4) is 0 Å². The van der Waals surface area contributed by atoms with Gasteiger partial charge in [-0.15, -0.1) is 5.10 Å². The van der Waals surface area contributed by atoms with Crippen molar-refractivity contribution in [3.63, 3.8) is 0 Å². The number of carboxylic acid groups (broad SMARTS) is 2.